The van der Waals surface area contributed by atoms with Crippen LogP contribution in [0.25, 0.3) is 0 Å². The van der Waals surface area contributed by atoms with E-state index in [2.05, 4.69) is 39.5 Å². The third-order valence-electron chi connectivity index (χ3n) is 10.5. The van der Waals surface area contributed by atoms with Crippen LogP contribution < -0.4 is 0 Å². The third-order valence-corrected chi connectivity index (χ3v) is 10.5. The van der Waals surface area contributed by atoms with Gasteiger partial charge in [0.05, 0.1) is 18.6 Å². The molecule has 0 aromatic carbocycles. The van der Waals surface area contributed by atoms with E-state index in [0.29, 0.717) is 19.6 Å². The van der Waals surface area contributed by atoms with Crippen LogP contribution in [0.3, 0.4) is 0 Å². The molecule has 0 heterocycles. The number of esters is 2. The second-order valence-electron chi connectivity index (χ2n) is 16.5. The number of carbonyl (C=O) groups excluding carboxylic acids is 2. The smallest absolute Gasteiger partial charge is 0.311 e. The molecule has 292 valence electrons. The largest absolute Gasteiger partial charge is 0.465 e. The van der Waals surface area contributed by atoms with E-state index >= 15 is 0 Å². The first kappa shape index (κ1) is 47.9. The summed E-state index contributed by atoms with van der Waals surface area (Å²) in [5.74, 6) is 0.793. The van der Waals surface area contributed by atoms with Crippen molar-refractivity contribution in [1.29, 1.82) is 0 Å². The third kappa shape index (κ3) is 29.2. The fourth-order valence-corrected chi connectivity index (χ4v) is 6.70. The lowest BCUT2D eigenvalue weighted by Crippen LogP contribution is -2.28. The number of hydrogen-bond acceptors (Lipinski definition) is 6. The van der Waals surface area contributed by atoms with Crippen LogP contribution in [-0.4, -0.2) is 61.4 Å². The summed E-state index contributed by atoms with van der Waals surface area (Å²) in [5, 5.41) is 9.40. The van der Waals surface area contributed by atoms with Crippen LogP contribution in [0, 0.1) is 16.7 Å². The van der Waals surface area contributed by atoms with E-state index in [9.17, 15) is 14.7 Å². The summed E-state index contributed by atoms with van der Waals surface area (Å²) in [6.07, 6.45) is 28.4. The van der Waals surface area contributed by atoms with E-state index in [4.69, 9.17) is 9.47 Å². The molecule has 49 heavy (non-hydrogen) atoms. The van der Waals surface area contributed by atoms with Gasteiger partial charge in [-0.1, -0.05) is 144 Å². The van der Waals surface area contributed by atoms with Gasteiger partial charge in [-0.15, -0.1) is 0 Å². The molecule has 0 aliphatic rings. The number of ether oxygens (including phenoxy) is 2. The van der Waals surface area contributed by atoms with Gasteiger partial charge in [0.15, 0.2) is 0 Å². The Morgan fingerprint density at radius 2 is 1.14 bits per heavy atom. The Morgan fingerprint density at radius 3 is 1.80 bits per heavy atom. The van der Waals surface area contributed by atoms with E-state index in [0.717, 1.165) is 103 Å². The van der Waals surface area contributed by atoms with Crippen LogP contribution in [0.5, 0.6) is 0 Å². The van der Waals surface area contributed by atoms with Crippen LogP contribution in [-0.2, 0) is 19.1 Å². The average molecular weight is 696 g/mol. The Kier molecular flexibility index (Phi) is 30.8. The minimum Gasteiger partial charge on any atom is -0.465 e. The highest BCUT2D eigenvalue weighted by atomic mass is 16.5. The monoisotopic (exact) mass is 696 g/mol. The molecule has 0 aliphatic heterocycles. The molecule has 0 rings (SSSR count). The van der Waals surface area contributed by atoms with Crippen molar-refractivity contribution in [2.75, 3.05) is 39.5 Å². The SMILES string of the molecule is CCCCCCCCCOC(=O)C(C)(C)CCCCCCN(CCCO)CCCCCC(C)(C)COC(=O)CCCCCCC(CC)CC. The van der Waals surface area contributed by atoms with E-state index < -0.39 is 5.41 Å². The van der Waals surface area contributed by atoms with Gasteiger partial charge < -0.3 is 19.5 Å². The molecule has 0 atom stereocenters. The zero-order chi connectivity index (χ0) is 36.6. The van der Waals surface area contributed by atoms with Gasteiger partial charge in [-0.2, -0.15) is 0 Å². The molecule has 0 amide bonds. The number of hydrogen-bond donors (Lipinski definition) is 1. The van der Waals surface area contributed by atoms with Crippen molar-refractivity contribution in [3.05, 3.63) is 0 Å². The average Bonchev–Trinajstić information content (AvgIpc) is 3.07. The van der Waals surface area contributed by atoms with Gasteiger partial charge >= 0.3 is 11.9 Å². The molecular formula is C43H85NO5. The first-order valence-corrected chi connectivity index (χ1v) is 21.2. The van der Waals surface area contributed by atoms with Gasteiger partial charge in [0.2, 0.25) is 0 Å². The molecule has 1 N–H and O–H groups in total. The number of aliphatic hydroxyl groups is 1. The zero-order valence-corrected chi connectivity index (χ0v) is 34.0. The summed E-state index contributed by atoms with van der Waals surface area (Å²) in [4.78, 5) is 27.4. The van der Waals surface area contributed by atoms with Crippen molar-refractivity contribution in [2.24, 2.45) is 16.7 Å². The Hall–Kier alpha value is -1.14. The minimum absolute atomic E-state index is 0.0143. The second-order valence-corrected chi connectivity index (χ2v) is 16.5. The molecule has 0 fully saturated rings. The maximum atomic E-state index is 12.6. The van der Waals surface area contributed by atoms with Crippen molar-refractivity contribution in [3.63, 3.8) is 0 Å². The fraction of sp³-hybridized carbons (Fsp3) is 0.953. The molecule has 0 spiro atoms. The summed E-state index contributed by atoms with van der Waals surface area (Å²) in [6, 6.07) is 0. The maximum absolute atomic E-state index is 12.6. The molecule has 0 bridgehead atoms. The van der Waals surface area contributed by atoms with Crippen molar-refractivity contribution in [2.45, 2.75) is 209 Å². The Morgan fingerprint density at radius 1 is 0.612 bits per heavy atom. The maximum Gasteiger partial charge on any atom is 0.311 e. The van der Waals surface area contributed by atoms with Crippen LogP contribution >= 0.6 is 0 Å². The number of nitrogens with zero attached hydrogens (tertiary/aromatic N) is 1. The number of unbranched alkanes of at least 4 members (excludes halogenated alkanes) is 14. The number of carbonyl (C=O) groups is 2. The van der Waals surface area contributed by atoms with Crippen molar-refractivity contribution in [1.82, 2.24) is 4.90 Å². The molecule has 0 aromatic rings. The summed E-state index contributed by atoms with van der Waals surface area (Å²) >= 11 is 0. The van der Waals surface area contributed by atoms with Crippen molar-refractivity contribution in [3.8, 4) is 0 Å². The molecule has 6 nitrogen and oxygen atoms in total. The van der Waals surface area contributed by atoms with E-state index in [-0.39, 0.29) is 24.0 Å². The quantitative estimate of drug-likeness (QED) is 0.0519. The van der Waals surface area contributed by atoms with Crippen molar-refractivity contribution >= 4 is 11.9 Å². The Labute approximate surface area is 305 Å². The standard InChI is InChI=1S/C43H85NO5/c1-8-11-12-13-14-19-27-37-48-41(47)43(6,7)32-24-17-18-25-33-44(35-28-36-45)34-26-20-23-31-42(4,5)38-49-40(46)30-22-16-15-21-29-39(9-2)10-3/h39,45H,8-38H2,1-7H3. The minimum atomic E-state index is -0.406. The predicted molar refractivity (Wildman–Crippen MR) is 209 cm³/mol. The lowest BCUT2D eigenvalue weighted by atomic mass is 9.87. The van der Waals surface area contributed by atoms with Gasteiger partial charge in [-0.05, 0) is 83.2 Å². The number of aliphatic hydroxyl groups excluding tert-OH is 1. The molecule has 0 aromatic heterocycles. The molecule has 0 saturated heterocycles. The lowest BCUT2D eigenvalue weighted by molar-refractivity contribution is -0.154. The van der Waals surface area contributed by atoms with E-state index in [1.54, 1.807) is 0 Å². The highest BCUT2D eigenvalue weighted by molar-refractivity contribution is 5.75. The molecule has 0 aliphatic carbocycles. The summed E-state index contributed by atoms with van der Waals surface area (Å²) in [7, 11) is 0. The highest BCUT2D eigenvalue weighted by Crippen LogP contribution is 2.27. The van der Waals surface area contributed by atoms with Gasteiger partial charge in [-0.3, -0.25) is 9.59 Å². The normalized spacial score (nSPS) is 12.3. The molecular weight excluding hydrogens is 610 g/mol. The molecule has 0 radical (unpaired) electrons. The molecule has 0 unspecified atom stereocenters. The van der Waals surface area contributed by atoms with Gasteiger partial charge in [0.1, 0.15) is 0 Å². The fourth-order valence-electron chi connectivity index (χ4n) is 6.70. The summed E-state index contributed by atoms with van der Waals surface area (Å²) < 4.78 is 11.3. The molecule has 0 saturated carbocycles. The van der Waals surface area contributed by atoms with Gasteiger partial charge in [0, 0.05) is 19.6 Å². The van der Waals surface area contributed by atoms with E-state index in [1.165, 1.54) is 77.0 Å². The van der Waals surface area contributed by atoms with Crippen LogP contribution in [0.15, 0.2) is 0 Å². The Balaban J connectivity index is 4.06. The van der Waals surface area contributed by atoms with Crippen molar-refractivity contribution < 1.29 is 24.2 Å². The lowest BCUT2D eigenvalue weighted by Gasteiger charge is -2.25. The highest BCUT2D eigenvalue weighted by Gasteiger charge is 2.28. The Bertz CT molecular complexity index is 763. The summed E-state index contributed by atoms with van der Waals surface area (Å²) in [6.45, 7) is 19.7. The zero-order valence-electron chi connectivity index (χ0n) is 34.0. The molecule has 6 heteroatoms. The van der Waals surface area contributed by atoms with Crippen LogP contribution in [0.1, 0.15) is 209 Å². The predicted octanol–water partition coefficient (Wildman–Crippen LogP) is 11.8. The first-order valence-electron chi connectivity index (χ1n) is 21.2. The van der Waals surface area contributed by atoms with Crippen LogP contribution in [0.4, 0.5) is 0 Å². The first-order chi connectivity index (χ1) is 23.5. The van der Waals surface area contributed by atoms with Crippen LogP contribution in [0.2, 0.25) is 0 Å². The van der Waals surface area contributed by atoms with Gasteiger partial charge in [0.25, 0.3) is 0 Å². The topological polar surface area (TPSA) is 76.1 Å². The number of rotatable bonds is 36. The second kappa shape index (κ2) is 31.6. The summed E-state index contributed by atoms with van der Waals surface area (Å²) in [5.41, 5.74) is -0.392. The van der Waals surface area contributed by atoms with E-state index in [1.807, 2.05) is 13.8 Å². The van der Waals surface area contributed by atoms with Gasteiger partial charge in [-0.25, -0.2) is 0 Å².